The second kappa shape index (κ2) is 7.90. The number of nitrogens with one attached hydrogen (secondary N) is 1. The van der Waals surface area contributed by atoms with E-state index in [-0.39, 0.29) is 5.91 Å². The number of carbonyl (C=O) groups excluding carboxylic acids is 1. The van der Waals surface area contributed by atoms with Gasteiger partial charge in [-0.25, -0.2) is 0 Å². The predicted molar refractivity (Wildman–Crippen MR) is 92.9 cm³/mol. The van der Waals surface area contributed by atoms with Crippen LogP contribution in [0.15, 0.2) is 47.4 Å². The lowest BCUT2D eigenvalue weighted by Crippen LogP contribution is -2.05. The zero-order valence-corrected chi connectivity index (χ0v) is 14.0. The van der Waals surface area contributed by atoms with Crippen LogP contribution in [0.2, 0.25) is 0 Å². The van der Waals surface area contributed by atoms with Crippen LogP contribution in [0.1, 0.15) is 18.1 Å². The first kappa shape index (κ1) is 16.4. The molecule has 0 fully saturated rings. The second-order valence-electron chi connectivity index (χ2n) is 5.23. The number of hydrogen-bond donors (Lipinski definition) is 1. The molecule has 0 bridgehead atoms. The summed E-state index contributed by atoms with van der Waals surface area (Å²) in [6.45, 7) is 6.32. The van der Waals surface area contributed by atoms with Gasteiger partial charge in [0.05, 0.1) is 6.61 Å². The fourth-order valence-electron chi connectivity index (χ4n) is 2.17. The van der Waals surface area contributed by atoms with Gasteiger partial charge < -0.3 is 10.1 Å². The van der Waals surface area contributed by atoms with Crippen molar-refractivity contribution in [3.05, 3.63) is 53.6 Å². The summed E-state index contributed by atoms with van der Waals surface area (Å²) in [7, 11) is 0. The van der Waals surface area contributed by atoms with Gasteiger partial charge >= 0.3 is 0 Å². The molecule has 2 rings (SSSR count). The van der Waals surface area contributed by atoms with Crippen molar-refractivity contribution in [2.45, 2.75) is 25.7 Å². The Morgan fingerprint density at radius 3 is 2.32 bits per heavy atom. The summed E-state index contributed by atoms with van der Waals surface area (Å²) in [6.07, 6.45) is 0. The summed E-state index contributed by atoms with van der Waals surface area (Å²) in [6, 6.07) is 14.1. The molecule has 0 heterocycles. The largest absolute Gasteiger partial charge is 0.493 e. The first-order chi connectivity index (χ1) is 10.5. The molecule has 2 aromatic rings. The highest BCUT2D eigenvalue weighted by Gasteiger charge is 1.99. The van der Waals surface area contributed by atoms with Crippen LogP contribution in [0.3, 0.4) is 0 Å². The van der Waals surface area contributed by atoms with Gasteiger partial charge in [-0.05, 0) is 61.4 Å². The normalized spacial score (nSPS) is 10.3. The van der Waals surface area contributed by atoms with Crippen LogP contribution in [0.5, 0.6) is 5.75 Å². The van der Waals surface area contributed by atoms with Crippen LogP contribution in [0.25, 0.3) is 0 Å². The van der Waals surface area contributed by atoms with Crippen LogP contribution in [0.4, 0.5) is 5.69 Å². The Bertz CT molecular complexity index is 618. The molecule has 0 saturated carbocycles. The van der Waals surface area contributed by atoms with E-state index in [2.05, 4.69) is 37.4 Å². The Hall–Kier alpha value is -1.94. The molecule has 0 spiro atoms. The Labute approximate surface area is 136 Å². The molecule has 1 N–H and O–H groups in total. The summed E-state index contributed by atoms with van der Waals surface area (Å²) in [5.74, 6) is 1.76. The minimum absolute atomic E-state index is 0.0535. The summed E-state index contributed by atoms with van der Waals surface area (Å²) >= 11 is 1.74. The molecule has 0 atom stereocenters. The standard InChI is InChI=1S/C18H21NO2S/c1-13-10-14(2)12-17(11-13)21-8-9-22-18-6-4-16(5-7-18)19-15(3)20/h4-7,10-12H,8-9H2,1-3H3,(H,19,20). The van der Waals surface area contributed by atoms with Gasteiger partial charge in [0, 0.05) is 23.3 Å². The zero-order valence-electron chi connectivity index (χ0n) is 13.2. The van der Waals surface area contributed by atoms with Crippen LogP contribution in [-0.2, 0) is 4.79 Å². The number of ether oxygens (including phenoxy) is 1. The third-order valence-corrected chi connectivity index (χ3v) is 3.97. The van der Waals surface area contributed by atoms with Crippen molar-refractivity contribution in [3.8, 4) is 5.75 Å². The topological polar surface area (TPSA) is 38.3 Å². The number of hydrogen-bond acceptors (Lipinski definition) is 3. The molecule has 0 aliphatic carbocycles. The Kier molecular flexibility index (Phi) is 5.90. The quantitative estimate of drug-likeness (QED) is 0.633. The van der Waals surface area contributed by atoms with Gasteiger partial charge in [0.2, 0.25) is 5.91 Å². The highest BCUT2D eigenvalue weighted by atomic mass is 32.2. The Balaban J connectivity index is 1.77. The van der Waals surface area contributed by atoms with E-state index in [1.54, 1.807) is 11.8 Å². The Morgan fingerprint density at radius 1 is 1.09 bits per heavy atom. The van der Waals surface area contributed by atoms with Crippen molar-refractivity contribution in [1.82, 2.24) is 0 Å². The maximum absolute atomic E-state index is 11.0. The highest BCUT2D eigenvalue weighted by molar-refractivity contribution is 7.99. The van der Waals surface area contributed by atoms with Gasteiger partial charge in [0.25, 0.3) is 0 Å². The van der Waals surface area contributed by atoms with Crippen molar-refractivity contribution in [1.29, 1.82) is 0 Å². The first-order valence-corrected chi connectivity index (χ1v) is 8.23. The van der Waals surface area contributed by atoms with Crippen LogP contribution in [-0.4, -0.2) is 18.3 Å². The van der Waals surface area contributed by atoms with Crippen molar-refractivity contribution in [3.63, 3.8) is 0 Å². The van der Waals surface area contributed by atoms with E-state index in [4.69, 9.17) is 4.74 Å². The summed E-state index contributed by atoms with van der Waals surface area (Å²) in [5, 5.41) is 2.76. The molecule has 0 aliphatic heterocycles. The number of anilines is 1. The van der Waals surface area contributed by atoms with Gasteiger partial charge in [-0.3, -0.25) is 4.79 Å². The average molecular weight is 315 g/mol. The van der Waals surface area contributed by atoms with E-state index in [9.17, 15) is 4.79 Å². The van der Waals surface area contributed by atoms with E-state index >= 15 is 0 Å². The number of rotatable bonds is 6. The lowest BCUT2D eigenvalue weighted by Gasteiger charge is -2.08. The van der Waals surface area contributed by atoms with Gasteiger partial charge in [-0.2, -0.15) is 0 Å². The van der Waals surface area contributed by atoms with Gasteiger partial charge in [-0.1, -0.05) is 6.07 Å². The van der Waals surface area contributed by atoms with E-state index in [1.807, 2.05) is 24.3 Å². The fourth-order valence-corrected chi connectivity index (χ4v) is 2.90. The number of thioether (sulfide) groups is 1. The molecule has 0 unspecified atom stereocenters. The molecule has 22 heavy (non-hydrogen) atoms. The van der Waals surface area contributed by atoms with Crippen molar-refractivity contribution in [2.75, 3.05) is 17.7 Å². The van der Waals surface area contributed by atoms with Gasteiger partial charge in [-0.15, -0.1) is 11.8 Å². The number of carbonyl (C=O) groups is 1. The molecule has 3 nitrogen and oxygen atoms in total. The molecule has 4 heteroatoms. The highest BCUT2D eigenvalue weighted by Crippen LogP contribution is 2.21. The minimum atomic E-state index is -0.0535. The number of benzene rings is 2. The zero-order chi connectivity index (χ0) is 15.9. The van der Waals surface area contributed by atoms with Crippen molar-refractivity contribution in [2.24, 2.45) is 0 Å². The fraction of sp³-hybridized carbons (Fsp3) is 0.278. The van der Waals surface area contributed by atoms with E-state index < -0.39 is 0 Å². The summed E-state index contributed by atoms with van der Waals surface area (Å²) < 4.78 is 5.79. The maximum Gasteiger partial charge on any atom is 0.221 e. The van der Waals surface area contributed by atoms with Gasteiger partial charge in [0.15, 0.2) is 0 Å². The molecule has 0 radical (unpaired) electrons. The van der Waals surface area contributed by atoms with E-state index in [1.165, 1.54) is 18.1 Å². The molecular formula is C18H21NO2S. The van der Waals surface area contributed by atoms with Crippen LogP contribution < -0.4 is 10.1 Å². The SMILES string of the molecule is CC(=O)Nc1ccc(SCCOc2cc(C)cc(C)c2)cc1. The molecule has 2 aromatic carbocycles. The number of aryl methyl sites for hydroxylation is 2. The summed E-state index contributed by atoms with van der Waals surface area (Å²) in [5.41, 5.74) is 3.26. The Morgan fingerprint density at radius 2 is 1.73 bits per heavy atom. The molecular weight excluding hydrogens is 294 g/mol. The van der Waals surface area contributed by atoms with Crippen molar-refractivity contribution >= 4 is 23.4 Å². The molecule has 0 aliphatic rings. The van der Waals surface area contributed by atoms with Crippen molar-refractivity contribution < 1.29 is 9.53 Å². The molecule has 1 amide bonds. The summed E-state index contributed by atoms with van der Waals surface area (Å²) in [4.78, 5) is 12.1. The van der Waals surface area contributed by atoms with Crippen LogP contribution in [0, 0.1) is 13.8 Å². The van der Waals surface area contributed by atoms with E-state index in [0.29, 0.717) is 6.61 Å². The third-order valence-electron chi connectivity index (χ3n) is 2.99. The van der Waals surface area contributed by atoms with E-state index in [0.717, 1.165) is 22.1 Å². The molecule has 0 saturated heterocycles. The predicted octanol–water partition coefficient (Wildman–Crippen LogP) is 4.43. The third kappa shape index (κ3) is 5.45. The minimum Gasteiger partial charge on any atom is -0.493 e. The number of amides is 1. The monoisotopic (exact) mass is 315 g/mol. The molecule has 116 valence electrons. The maximum atomic E-state index is 11.0. The first-order valence-electron chi connectivity index (χ1n) is 7.24. The lowest BCUT2D eigenvalue weighted by atomic mass is 10.1. The lowest BCUT2D eigenvalue weighted by molar-refractivity contribution is -0.114. The average Bonchev–Trinajstić information content (AvgIpc) is 2.44. The van der Waals surface area contributed by atoms with Gasteiger partial charge in [0.1, 0.15) is 5.75 Å². The second-order valence-corrected chi connectivity index (χ2v) is 6.39. The van der Waals surface area contributed by atoms with Crippen LogP contribution >= 0.6 is 11.8 Å². The molecule has 0 aromatic heterocycles. The smallest absolute Gasteiger partial charge is 0.221 e.